The molecular formula is C25H35F3N4O3S. The Morgan fingerprint density at radius 3 is 2.44 bits per heavy atom. The molecule has 36 heavy (non-hydrogen) atoms. The fourth-order valence-electron chi connectivity index (χ4n) is 4.60. The zero-order valence-corrected chi connectivity index (χ0v) is 22.2. The topological polar surface area (TPSA) is 76.6 Å². The summed E-state index contributed by atoms with van der Waals surface area (Å²) in [6, 6.07) is 6.13. The average Bonchev–Trinajstić information content (AvgIpc) is 3.32. The maximum atomic E-state index is 13.1. The second kappa shape index (κ2) is 12.2. The zero-order chi connectivity index (χ0) is 26.5. The van der Waals surface area contributed by atoms with Crippen molar-refractivity contribution in [2.75, 3.05) is 31.0 Å². The third-order valence-corrected chi connectivity index (χ3v) is 7.13. The molecule has 0 aliphatic heterocycles. The van der Waals surface area contributed by atoms with Crippen LogP contribution in [0.1, 0.15) is 70.2 Å². The summed E-state index contributed by atoms with van der Waals surface area (Å²) in [6.07, 6.45) is -0.327. The lowest BCUT2D eigenvalue weighted by Crippen LogP contribution is -2.41. The summed E-state index contributed by atoms with van der Waals surface area (Å²) < 4.78 is 53.2. The van der Waals surface area contributed by atoms with Gasteiger partial charge in [-0.1, -0.05) is 26.8 Å². The molecule has 11 heteroatoms. The largest absolute Gasteiger partial charge is 0.469 e. The molecule has 0 spiro atoms. The van der Waals surface area contributed by atoms with E-state index >= 15 is 0 Å². The number of methoxy groups -OCH3 is 2. The van der Waals surface area contributed by atoms with Crippen molar-refractivity contribution in [1.82, 2.24) is 9.36 Å². The molecule has 7 nitrogen and oxygen atoms in total. The number of carbonyl (C=O) groups excluding carboxylic acids is 1. The number of hydrogen-bond donors (Lipinski definition) is 1. The summed E-state index contributed by atoms with van der Waals surface area (Å²) >= 11 is 0.672. The Hall–Kier alpha value is -2.40. The molecule has 1 aromatic heterocycles. The summed E-state index contributed by atoms with van der Waals surface area (Å²) in [5.74, 6) is -1.25. The van der Waals surface area contributed by atoms with Gasteiger partial charge in [-0.25, -0.2) is 0 Å². The van der Waals surface area contributed by atoms with Crippen molar-refractivity contribution in [2.45, 2.75) is 77.1 Å². The van der Waals surface area contributed by atoms with Crippen LogP contribution in [-0.2, 0) is 20.4 Å². The van der Waals surface area contributed by atoms with Gasteiger partial charge in [-0.2, -0.15) is 22.5 Å². The van der Waals surface area contributed by atoms with Gasteiger partial charge in [0.05, 0.1) is 31.0 Å². The lowest BCUT2D eigenvalue weighted by atomic mass is 9.90. The van der Waals surface area contributed by atoms with E-state index in [0.717, 1.165) is 43.5 Å². The highest BCUT2D eigenvalue weighted by Gasteiger charge is 2.36. The van der Waals surface area contributed by atoms with Crippen molar-refractivity contribution in [2.24, 2.45) is 5.92 Å². The number of nitrogens with zero attached hydrogens (tertiary/aromatic N) is 3. The van der Waals surface area contributed by atoms with Crippen LogP contribution in [0.3, 0.4) is 0 Å². The van der Waals surface area contributed by atoms with Crippen LogP contribution < -0.4 is 10.2 Å². The van der Waals surface area contributed by atoms with Crippen molar-refractivity contribution in [3.63, 3.8) is 0 Å². The Kier molecular flexibility index (Phi) is 9.57. The predicted octanol–water partition coefficient (Wildman–Crippen LogP) is 6.39. The molecule has 1 heterocycles. The molecule has 1 aliphatic rings. The normalized spacial score (nSPS) is 19.2. The van der Waals surface area contributed by atoms with Crippen LogP contribution in [0.25, 0.3) is 0 Å². The van der Waals surface area contributed by atoms with Crippen molar-refractivity contribution in [3.05, 3.63) is 29.6 Å². The fraction of sp³-hybridized carbons (Fsp3) is 0.640. The first-order valence-electron chi connectivity index (χ1n) is 12.2. The van der Waals surface area contributed by atoms with E-state index in [2.05, 4.69) is 33.4 Å². The summed E-state index contributed by atoms with van der Waals surface area (Å²) in [7, 11) is 3.09. The van der Waals surface area contributed by atoms with Crippen LogP contribution in [0.2, 0.25) is 0 Å². The quantitative estimate of drug-likeness (QED) is 0.358. The summed E-state index contributed by atoms with van der Waals surface area (Å²) in [6.45, 7) is 7.00. The van der Waals surface area contributed by atoms with Gasteiger partial charge >= 0.3 is 12.1 Å². The smallest absolute Gasteiger partial charge is 0.452 e. The number of aromatic nitrogens is 2. The third kappa shape index (κ3) is 7.32. The van der Waals surface area contributed by atoms with Crippen LogP contribution in [0.4, 0.5) is 29.7 Å². The summed E-state index contributed by atoms with van der Waals surface area (Å²) in [5.41, 5.74) is 2.41. The van der Waals surface area contributed by atoms with Gasteiger partial charge in [0.1, 0.15) is 0 Å². The summed E-state index contributed by atoms with van der Waals surface area (Å²) in [4.78, 5) is 17.9. The molecule has 1 aromatic carbocycles. The SMILES string of the molecule is COC(=O)C[C@@H](C)c1ccc(N(CC(C)C)[C@H]2CC[C@H](OC)CC2)c(Nc2nc(C(F)(F)F)ns2)c1. The molecule has 200 valence electrons. The minimum Gasteiger partial charge on any atom is -0.469 e. The van der Waals surface area contributed by atoms with Gasteiger partial charge < -0.3 is 19.7 Å². The van der Waals surface area contributed by atoms with Crippen LogP contribution in [-0.4, -0.2) is 48.2 Å². The van der Waals surface area contributed by atoms with Crippen LogP contribution >= 0.6 is 11.5 Å². The van der Waals surface area contributed by atoms with Crippen molar-refractivity contribution < 1.29 is 27.4 Å². The van der Waals surface area contributed by atoms with Gasteiger partial charge in [-0.3, -0.25) is 4.79 Å². The van der Waals surface area contributed by atoms with E-state index in [9.17, 15) is 18.0 Å². The van der Waals surface area contributed by atoms with Crippen LogP contribution in [0.5, 0.6) is 0 Å². The molecule has 1 N–H and O–H groups in total. The zero-order valence-electron chi connectivity index (χ0n) is 21.4. The molecule has 1 saturated carbocycles. The number of halogens is 3. The molecule has 0 saturated heterocycles. The molecule has 1 aliphatic carbocycles. The van der Waals surface area contributed by atoms with Crippen molar-refractivity contribution in [1.29, 1.82) is 0 Å². The van der Waals surface area contributed by atoms with Crippen LogP contribution in [0.15, 0.2) is 18.2 Å². The third-order valence-electron chi connectivity index (χ3n) is 6.50. The van der Waals surface area contributed by atoms with E-state index in [1.54, 1.807) is 7.11 Å². The van der Waals surface area contributed by atoms with Gasteiger partial charge in [-0.05, 0) is 55.2 Å². The van der Waals surface area contributed by atoms with Crippen LogP contribution in [0, 0.1) is 5.92 Å². The van der Waals surface area contributed by atoms with E-state index in [1.165, 1.54) is 7.11 Å². The number of hydrogen-bond acceptors (Lipinski definition) is 8. The number of carbonyl (C=O) groups is 1. The maximum absolute atomic E-state index is 13.1. The van der Waals surface area contributed by atoms with E-state index in [1.807, 2.05) is 25.1 Å². The first kappa shape index (κ1) is 28.2. The number of ether oxygens (including phenoxy) is 2. The Morgan fingerprint density at radius 2 is 1.89 bits per heavy atom. The monoisotopic (exact) mass is 528 g/mol. The van der Waals surface area contributed by atoms with Gasteiger partial charge in [0, 0.05) is 31.2 Å². The highest BCUT2D eigenvalue weighted by Crippen LogP contribution is 2.38. The second-order valence-corrected chi connectivity index (χ2v) is 10.5. The Balaban J connectivity index is 1.99. The molecular weight excluding hydrogens is 493 g/mol. The molecule has 3 rings (SSSR count). The highest BCUT2D eigenvalue weighted by molar-refractivity contribution is 7.09. The molecule has 0 amide bonds. The lowest BCUT2D eigenvalue weighted by Gasteiger charge is -2.40. The average molecular weight is 529 g/mol. The molecule has 1 atom stereocenters. The van der Waals surface area contributed by atoms with Gasteiger partial charge in [0.2, 0.25) is 11.0 Å². The van der Waals surface area contributed by atoms with E-state index in [0.29, 0.717) is 23.1 Å². The molecule has 0 unspecified atom stereocenters. The first-order chi connectivity index (χ1) is 17.0. The number of rotatable bonds is 10. The Labute approximate surface area is 214 Å². The van der Waals surface area contributed by atoms with E-state index in [4.69, 9.17) is 9.47 Å². The number of nitrogens with one attached hydrogen (secondary N) is 1. The lowest BCUT2D eigenvalue weighted by molar-refractivity contribution is -0.144. The second-order valence-electron chi connectivity index (χ2n) is 9.72. The van der Waals surface area contributed by atoms with E-state index < -0.39 is 12.0 Å². The minimum absolute atomic E-state index is 0.0638. The van der Waals surface area contributed by atoms with Crippen molar-refractivity contribution >= 4 is 34.0 Å². The Bertz CT molecular complexity index is 1010. The number of alkyl halides is 3. The predicted molar refractivity (Wildman–Crippen MR) is 135 cm³/mol. The molecule has 1 fully saturated rings. The van der Waals surface area contributed by atoms with E-state index in [-0.39, 0.29) is 35.6 Å². The molecule has 0 radical (unpaired) electrons. The van der Waals surface area contributed by atoms with Crippen molar-refractivity contribution in [3.8, 4) is 0 Å². The number of anilines is 3. The molecule has 0 bridgehead atoms. The maximum Gasteiger partial charge on any atom is 0.452 e. The Morgan fingerprint density at radius 1 is 1.19 bits per heavy atom. The standard InChI is InChI=1S/C25H35F3N4O3S/c1-15(2)14-32(18-7-9-19(34-4)10-8-18)21-11-6-17(16(3)12-22(33)35-5)13-20(21)29-24-30-23(31-36-24)25(26,27)28/h6,11,13,15-16,18-19H,7-10,12,14H2,1-5H3,(H,29,30,31)/t16-,18-,19-/m1/s1. The first-order valence-corrected chi connectivity index (χ1v) is 13.0. The highest BCUT2D eigenvalue weighted by atomic mass is 32.1. The number of benzene rings is 1. The van der Waals surface area contributed by atoms with Gasteiger partial charge in [0.15, 0.2) is 0 Å². The number of esters is 1. The summed E-state index contributed by atoms with van der Waals surface area (Å²) in [5, 5.41) is 3.17. The molecule has 2 aromatic rings. The van der Waals surface area contributed by atoms with Gasteiger partial charge in [-0.15, -0.1) is 0 Å². The minimum atomic E-state index is -4.61. The fourth-order valence-corrected chi connectivity index (χ4v) is 5.20. The van der Waals surface area contributed by atoms with Gasteiger partial charge in [0.25, 0.3) is 0 Å².